The zero-order valence-corrected chi connectivity index (χ0v) is 15.0. The number of aromatic amines is 1. The Hall–Kier alpha value is -2.68. The van der Waals surface area contributed by atoms with E-state index >= 15 is 0 Å². The molecule has 2 aromatic rings. The van der Waals surface area contributed by atoms with E-state index in [4.69, 9.17) is 16.3 Å². The monoisotopic (exact) mass is 378 g/mol. The molecule has 0 aliphatic carbocycles. The summed E-state index contributed by atoms with van der Waals surface area (Å²) in [5.41, 5.74) is 0.343. The van der Waals surface area contributed by atoms with Gasteiger partial charge in [-0.25, -0.2) is 0 Å². The summed E-state index contributed by atoms with van der Waals surface area (Å²) in [6.07, 6.45) is 1.37. The van der Waals surface area contributed by atoms with Crippen LogP contribution in [0.2, 0.25) is 5.02 Å². The van der Waals surface area contributed by atoms with E-state index in [-0.39, 0.29) is 24.5 Å². The van der Waals surface area contributed by atoms with Gasteiger partial charge in [-0.2, -0.15) is 5.21 Å². The number of carbonyl (C=O) groups is 2. The molecule has 26 heavy (non-hydrogen) atoms. The molecule has 1 saturated heterocycles. The van der Waals surface area contributed by atoms with E-state index in [1.165, 1.54) is 0 Å². The predicted octanol–water partition coefficient (Wildman–Crippen LogP) is 1.17. The number of hydrogen-bond acceptors (Lipinski definition) is 6. The van der Waals surface area contributed by atoms with Gasteiger partial charge in [0, 0.05) is 37.9 Å². The number of rotatable bonds is 5. The molecule has 10 heteroatoms. The minimum absolute atomic E-state index is 0.0597. The minimum atomic E-state index is -0.339. The standard InChI is InChI=1S/C16H19ClN6O3/c1-10(24)23-6-4-12(5-7-23)26-14-3-2-11(17)8-13(14)16(25)18-9-15-19-21-22-20-15/h2-3,8,12H,4-7,9H2,1H3,(H,18,25)(H,19,20,21,22). The van der Waals surface area contributed by atoms with E-state index < -0.39 is 0 Å². The zero-order chi connectivity index (χ0) is 18.5. The number of amides is 2. The van der Waals surface area contributed by atoms with Gasteiger partial charge in [0.05, 0.1) is 12.1 Å². The van der Waals surface area contributed by atoms with E-state index in [1.807, 2.05) is 0 Å². The van der Waals surface area contributed by atoms with Crippen LogP contribution in [0.25, 0.3) is 0 Å². The van der Waals surface area contributed by atoms with Gasteiger partial charge in [-0.05, 0) is 18.2 Å². The van der Waals surface area contributed by atoms with E-state index in [1.54, 1.807) is 30.0 Å². The van der Waals surface area contributed by atoms with Gasteiger partial charge in [0.25, 0.3) is 5.91 Å². The van der Waals surface area contributed by atoms with Crippen molar-refractivity contribution in [2.24, 2.45) is 0 Å². The van der Waals surface area contributed by atoms with E-state index in [0.29, 0.717) is 48.1 Å². The summed E-state index contributed by atoms with van der Waals surface area (Å²) in [5.74, 6) is 0.561. The molecule has 1 fully saturated rings. The second-order valence-electron chi connectivity index (χ2n) is 5.97. The Morgan fingerprint density at radius 2 is 2.15 bits per heavy atom. The first kappa shape index (κ1) is 18.1. The van der Waals surface area contributed by atoms with Crippen LogP contribution >= 0.6 is 11.6 Å². The van der Waals surface area contributed by atoms with Crippen molar-refractivity contribution in [1.82, 2.24) is 30.8 Å². The second kappa shape index (κ2) is 8.13. The van der Waals surface area contributed by atoms with Gasteiger partial charge in [-0.3, -0.25) is 9.59 Å². The lowest BCUT2D eigenvalue weighted by Crippen LogP contribution is -2.40. The molecule has 138 valence electrons. The molecule has 0 atom stereocenters. The number of hydrogen-bond donors (Lipinski definition) is 2. The summed E-state index contributed by atoms with van der Waals surface area (Å²) in [6.45, 7) is 2.99. The van der Waals surface area contributed by atoms with Gasteiger partial charge >= 0.3 is 0 Å². The van der Waals surface area contributed by atoms with Crippen LogP contribution in [0.15, 0.2) is 18.2 Å². The van der Waals surface area contributed by atoms with Crippen LogP contribution < -0.4 is 10.1 Å². The van der Waals surface area contributed by atoms with Gasteiger partial charge < -0.3 is 15.0 Å². The number of piperidine rings is 1. The van der Waals surface area contributed by atoms with Gasteiger partial charge in [0.1, 0.15) is 11.9 Å². The molecule has 0 unspecified atom stereocenters. The van der Waals surface area contributed by atoms with Gasteiger partial charge in [0.15, 0.2) is 5.82 Å². The molecule has 1 aliphatic heterocycles. The normalized spacial score (nSPS) is 14.9. The highest BCUT2D eigenvalue weighted by molar-refractivity contribution is 6.31. The largest absolute Gasteiger partial charge is 0.489 e. The van der Waals surface area contributed by atoms with Crippen molar-refractivity contribution in [3.8, 4) is 5.75 Å². The number of carbonyl (C=O) groups excluding carboxylic acids is 2. The lowest BCUT2D eigenvalue weighted by Gasteiger charge is -2.31. The Bertz CT molecular complexity index is 774. The average Bonchev–Trinajstić information content (AvgIpc) is 3.15. The fraction of sp³-hybridized carbons (Fsp3) is 0.438. The number of benzene rings is 1. The molecule has 0 spiro atoms. The first-order chi connectivity index (χ1) is 12.5. The van der Waals surface area contributed by atoms with Crippen molar-refractivity contribution in [2.75, 3.05) is 13.1 Å². The Labute approximate surface area is 155 Å². The van der Waals surface area contributed by atoms with Gasteiger partial charge in [-0.15, -0.1) is 10.2 Å². The number of nitrogens with zero attached hydrogens (tertiary/aromatic N) is 4. The second-order valence-corrected chi connectivity index (χ2v) is 6.41. The first-order valence-electron chi connectivity index (χ1n) is 8.25. The highest BCUT2D eigenvalue weighted by Gasteiger charge is 2.24. The van der Waals surface area contributed by atoms with E-state index in [9.17, 15) is 9.59 Å². The number of likely N-dealkylation sites (tertiary alicyclic amines) is 1. The van der Waals surface area contributed by atoms with Crippen molar-refractivity contribution in [1.29, 1.82) is 0 Å². The van der Waals surface area contributed by atoms with Gasteiger partial charge in [0.2, 0.25) is 5.91 Å². The minimum Gasteiger partial charge on any atom is -0.489 e. The molecule has 0 saturated carbocycles. The van der Waals surface area contributed by atoms with Crippen molar-refractivity contribution in [2.45, 2.75) is 32.4 Å². The van der Waals surface area contributed by atoms with E-state index in [0.717, 1.165) is 0 Å². The molecule has 1 aromatic carbocycles. The van der Waals surface area contributed by atoms with E-state index in [2.05, 4.69) is 25.9 Å². The number of aromatic nitrogens is 4. The lowest BCUT2D eigenvalue weighted by atomic mass is 10.1. The van der Waals surface area contributed by atoms with Crippen LogP contribution in [-0.2, 0) is 11.3 Å². The summed E-state index contributed by atoms with van der Waals surface area (Å²) in [4.78, 5) is 25.7. The maximum absolute atomic E-state index is 12.5. The molecule has 9 nitrogen and oxygen atoms in total. The third-order valence-corrected chi connectivity index (χ3v) is 4.40. The molecule has 1 aliphatic rings. The van der Waals surface area contributed by atoms with Gasteiger partial charge in [-0.1, -0.05) is 16.8 Å². The quantitative estimate of drug-likeness (QED) is 0.807. The number of nitrogens with one attached hydrogen (secondary N) is 2. The zero-order valence-electron chi connectivity index (χ0n) is 14.2. The molecular weight excluding hydrogens is 360 g/mol. The fourth-order valence-corrected chi connectivity index (χ4v) is 2.93. The molecule has 3 rings (SSSR count). The molecule has 2 heterocycles. The van der Waals surface area contributed by atoms with Crippen molar-refractivity contribution in [3.63, 3.8) is 0 Å². The highest BCUT2D eigenvalue weighted by atomic mass is 35.5. The van der Waals surface area contributed by atoms with Crippen LogP contribution in [0.3, 0.4) is 0 Å². The first-order valence-corrected chi connectivity index (χ1v) is 8.63. The predicted molar refractivity (Wildman–Crippen MR) is 92.7 cm³/mol. The smallest absolute Gasteiger partial charge is 0.255 e. The molecular formula is C16H19ClN6O3. The third kappa shape index (κ3) is 4.48. The van der Waals surface area contributed by atoms with Crippen molar-refractivity contribution in [3.05, 3.63) is 34.6 Å². The maximum atomic E-state index is 12.5. The Morgan fingerprint density at radius 3 is 2.81 bits per heavy atom. The molecule has 0 bridgehead atoms. The van der Waals surface area contributed by atoms with Crippen molar-refractivity contribution >= 4 is 23.4 Å². The number of halogens is 1. The topological polar surface area (TPSA) is 113 Å². The van der Waals surface area contributed by atoms with Crippen molar-refractivity contribution < 1.29 is 14.3 Å². The summed E-state index contributed by atoms with van der Waals surface area (Å²) in [7, 11) is 0. The maximum Gasteiger partial charge on any atom is 0.255 e. The SMILES string of the molecule is CC(=O)N1CCC(Oc2ccc(Cl)cc2C(=O)NCc2nn[nH]n2)CC1. The third-order valence-electron chi connectivity index (χ3n) is 4.16. The molecule has 2 amide bonds. The Kier molecular flexibility index (Phi) is 5.67. The van der Waals surface area contributed by atoms with Crippen LogP contribution in [0, 0.1) is 0 Å². The van der Waals surface area contributed by atoms with Crippen LogP contribution in [-0.4, -0.2) is 56.5 Å². The summed E-state index contributed by atoms with van der Waals surface area (Å²) in [6, 6.07) is 4.92. The number of H-pyrrole nitrogens is 1. The molecule has 0 radical (unpaired) electrons. The summed E-state index contributed by atoms with van der Waals surface area (Å²) in [5, 5.41) is 16.5. The average molecular weight is 379 g/mol. The lowest BCUT2D eigenvalue weighted by molar-refractivity contribution is -0.130. The number of ether oxygens (including phenoxy) is 1. The fourth-order valence-electron chi connectivity index (χ4n) is 2.76. The van der Waals surface area contributed by atoms with Crippen LogP contribution in [0.4, 0.5) is 0 Å². The molecule has 2 N–H and O–H groups in total. The van der Waals surface area contributed by atoms with Crippen LogP contribution in [0.5, 0.6) is 5.75 Å². The summed E-state index contributed by atoms with van der Waals surface area (Å²) >= 11 is 6.04. The van der Waals surface area contributed by atoms with Crippen LogP contribution in [0.1, 0.15) is 35.9 Å². The Balaban J connectivity index is 1.66. The Morgan fingerprint density at radius 1 is 1.38 bits per heavy atom. The molecule has 1 aromatic heterocycles. The summed E-state index contributed by atoms with van der Waals surface area (Å²) < 4.78 is 6.02. The number of tetrazole rings is 1. The highest BCUT2D eigenvalue weighted by Crippen LogP contribution is 2.26.